The molecule has 0 radical (unpaired) electrons. The van der Waals surface area contributed by atoms with Gasteiger partial charge in [0, 0.05) is 11.7 Å². The maximum atomic E-state index is 12.7. The first-order valence-corrected chi connectivity index (χ1v) is 10.9. The molecule has 0 spiro atoms. The van der Waals surface area contributed by atoms with Crippen molar-refractivity contribution in [1.82, 2.24) is 4.72 Å². The quantitative estimate of drug-likeness (QED) is 0.791. The van der Waals surface area contributed by atoms with Gasteiger partial charge in [-0.3, -0.25) is 4.79 Å². The molecular formula is C20H24N2O4S. The molecule has 4 rings (SSSR count). The standard InChI is InChI=1S/C20H24N2O4S/c1-13(18-12-14-4-5-15(18)11-14)22-27(24,25)17-8-6-16(7-9-17)21-20(23)19-3-2-10-26-19/h2-3,6-10,13-15,18,22H,4-5,11-12H2,1H3,(H,21,23)/t13-,14+,15+,18-/m1/s1. The van der Waals surface area contributed by atoms with Gasteiger partial charge >= 0.3 is 0 Å². The van der Waals surface area contributed by atoms with E-state index >= 15 is 0 Å². The van der Waals surface area contributed by atoms with Gasteiger partial charge in [0.2, 0.25) is 10.0 Å². The van der Waals surface area contributed by atoms with Crippen LogP contribution < -0.4 is 10.0 Å². The maximum Gasteiger partial charge on any atom is 0.291 e. The fourth-order valence-electron chi connectivity index (χ4n) is 4.62. The van der Waals surface area contributed by atoms with Crippen molar-refractivity contribution in [3.8, 4) is 0 Å². The minimum atomic E-state index is -3.58. The summed E-state index contributed by atoms with van der Waals surface area (Å²) in [6.45, 7) is 1.97. The monoisotopic (exact) mass is 388 g/mol. The van der Waals surface area contributed by atoms with Gasteiger partial charge in [-0.2, -0.15) is 0 Å². The van der Waals surface area contributed by atoms with E-state index < -0.39 is 10.0 Å². The Morgan fingerprint density at radius 1 is 1.15 bits per heavy atom. The van der Waals surface area contributed by atoms with Crippen molar-refractivity contribution in [1.29, 1.82) is 0 Å². The molecule has 7 heteroatoms. The van der Waals surface area contributed by atoms with Crippen molar-refractivity contribution < 1.29 is 17.6 Å². The van der Waals surface area contributed by atoms with Crippen LogP contribution in [0.25, 0.3) is 0 Å². The van der Waals surface area contributed by atoms with Crippen LogP contribution in [0, 0.1) is 17.8 Å². The largest absolute Gasteiger partial charge is 0.459 e. The Hall–Kier alpha value is -2.12. The van der Waals surface area contributed by atoms with Gasteiger partial charge in [0.15, 0.2) is 5.76 Å². The molecular weight excluding hydrogens is 364 g/mol. The molecule has 1 heterocycles. The Kier molecular flexibility index (Phi) is 4.82. The van der Waals surface area contributed by atoms with E-state index in [2.05, 4.69) is 10.0 Å². The van der Waals surface area contributed by atoms with Crippen molar-refractivity contribution >= 4 is 21.6 Å². The maximum absolute atomic E-state index is 12.7. The lowest BCUT2D eigenvalue weighted by molar-refractivity contribution is 0.0996. The molecule has 1 aromatic carbocycles. The summed E-state index contributed by atoms with van der Waals surface area (Å²) in [6, 6.07) is 9.31. The van der Waals surface area contributed by atoms with E-state index in [-0.39, 0.29) is 22.6 Å². The van der Waals surface area contributed by atoms with Crippen LogP contribution in [0.5, 0.6) is 0 Å². The van der Waals surface area contributed by atoms with Crippen LogP contribution in [0.4, 0.5) is 5.69 Å². The second-order valence-electron chi connectivity index (χ2n) is 7.70. The number of fused-ring (bicyclic) bond motifs is 2. The third-order valence-corrected chi connectivity index (χ3v) is 7.52. The van der Waals surface area contributed by atoms with Crippen LogP contribution in [0.15, 0.2) is 52.0 Å². The third kappa shape index (κ3) is 3.80. The minimum absolute atomic E-state index is 0.0661. The second kappa shape index (κ2) is 7.13. The summed E-state index contributed by atoms with van der Waals surface area (Å²) in [5.41, 5.74) is 0.511. The number of carbonyl (C=O) groups is 1. The molecule has 2 aromatic rings. The van der Waals surface area contributed by atoms with Gasteiger partial charge in [-0.15, -0.1) is 0 Å². The second-order valence-corrected chi connectivity index (χ2v) is 9.42. The molecule has 4 atom stereocenters. The van der Waals surface area contributed by atoms with E-state index in [1.54, 1.807) is 24.3 Å². The number of sulfonamides is 1. The van der Waals surface area contributed by atoms with E-state index in [4.69, 9.17) is 4.42 Å². The molecule has 0 saturated heterocycles. The molecule has 1 aromatic heterocycles. The third-order valence-electron chi connectivity index (χ3n) is 5.94. The van der Waals surface area contributed by atoms with Gasteiger partial charge < -0.3 is 9.73 Å². The van der Waals surface area contributed by atoms with Gasteiger partial charge in [-0.25, -0.2) is 13.1 Å². The van der Waals surface area contributed by atoms with Gasteiger partial charge in [0.05, 0.1) is 11.2 Å². The summed E-state index contributed by atoms with van der Waals surface area (Å²) in [7, 11) is -3.58. The fourth-order valence-corrected chi connectivity index (χ4v) is 5.92. The van der Waals surface area contributed by atoms with E-state index in [1.165, 1.54) is 37.7 Å². The lowest BCUT2D eigenvalue weighted by Crippen LogP contribution is -2.40. The van der Waals surface area contributed by atoms with E-state index in [0.29, 0.717) is 17.5 Å². The van der Waals surface area contributed by atoms with Crippen LogP contribution in [0.2, 0.25) is 0 Å². The Morgan fingerprint density at radius 3 is 2.52 bits per heavy atom. The van der Waals surface area contributed by atoms with Crippen LogP contribution in [0.3, 0.4) is 0 Å². The minimum Gasteiger partial charge on any atom is -0.459 e. The normalized spacial score (nSPS) is 25.4. The van der Waals surface area contributed by atoms with Crippen LogP contribution >= 0.6 is 0 Å². The molecule has 2 N–H and O–H groups in total. The molecule has 2 aliphatic carbocycles. The highest BCUT2D eigenvalue weighted by Gasteiger charge is 2.42. The smallest absolute Gasteiger partial charge is 0.291 e. The average Bonchev–Trinajstić information content (AvgIpc) is 3.39. The van der Waals surface area contributed by atoms with E-state index in [1.807, 2.05) is 6.92 Å². The first-order chi connectivity index (χ1) is 12.9. The number of hydrogen-bond acceptors (Lipinski definition) is 4. The molecule has 6 nitrogen and oxygen atoms in total. The number of nitrogens with one attached hydrogen (secondary N) is 2. The highest BCUT2D eigenvalue weighted by atomic mass is 32.2. The first-order valence-electron chi connectivity index (χ1n) is 9.39. The number of hydrogen-bond donors (Lipinski definition) is 2. The van der Waals surface area contributed by atoms with Crippen molar-refractivity contribution in [2.45, 2.75) is 43.5 Å². The predicted octanol–water partition coefficient (Wildman–Crippen LogP) is 3.63. The lowest BCUT2D eigenvalue weighted by atomic mass is 9.84. The van der Waals surface area contributed by atoms with E-state index in [0.717, 1.165) is 12.3 Å². The fraction of sp³-hybridized carbons (Fsp3) is 0.450. The van der Waals surface area contributed by atoms with Gasteiger partial charge in [0.25, 0.3) is 5.91 Å². The molecule has 0 aliphatic heterocycles. The number of rotatable bonds is 6. The zero-order valence-electron chi connectivity index (χ0n) is 15.2. The topological polar surface area (TPSA) is 88.4 Å². The highest BCUT2D eigenvalue weighted by Crippen LogP contribution is 2.49. The number of anilines is 1. The van der Waals surface area contributed by atoms with Crippen molar-refractivity contribution in [2.24, 2.45) is 17.8 Å². The lowest BCUT2D eigenvalue weighted by Gasteiger charge is -2.28. The summed E-state index contributed by atoms with van der Waals surface area (Å²) in [5, 5.41) is 2.68. The molecule has 1 amide bonds. The van der Waals surface area contributed by atoms with E-state index in [9.17, 15) is 13.2 Å². The predicted molar refractivity (Wildman–Crippen MR) is 102 cm³/mol. The van der Waals surface area contributed by atoms with Gasteiger partial charge in [-0.1, -0.05) is 6.42 Å². The zero-order valence-corrected chi connectivity index (χ0v) is 16.0. The number of benzene rings is 1. The summed E-state index contributed by atoms with van der Waals surface area (Å²) < 4.78 is 33.3. The van der Waals surface area contributed by atoms with Crippen LogP contribution in [-0.4, -0.2) is 20.4 Å². The Bertz CT molecular complexity index is 906. The summed E-state index contributed by atoms with van der Waals surface area (Å²) >= 11 is 0. The van der Waals surface area contributed by atoms with Crippen molar-refractivity contribution in [3.05, 3.63) is 48.4 Å². The molecule has 2 aliphatic rings. The van der Waals surface area contributed by atoms with Crippen LogP contribution in [-0.2, 0) is 10.0 Å². The molecule has 2 fully saturated rings. The number of furan rings is 1. The van der Waals surface area contributed by atoms with Gasteiger partial charge in [0.1, 0.15) is 0 Å². The van der Waals surface area contributed by atoms with Gasteiger partial charge in [-0.05, 0) is 80.3 Å². The van der Waals surface area contributed by atoms with Crippen molar-refractivity contribution in [2.75, 3.05) is 5.32 Å². The average molecular weight is 388 g/mol. The highest BCUT2D eigenvalue weighted by molar-refractivity contribution is 7.89. The Labute approximate surface area is 159 Å². The first kappa shape index (κ1) is 18.3. The Balaban J connectivity index is 1.40. The molecule has 2 saturated carbocycles. The number of amides is 1. The summed E-state index contributed by atoms with van der Waals surface area (Å²) in [5.74, 6) is 1.70. The molecule has 2 bridgehead atoms. The number of carbonyl (C=O) groups excluding carboxylic acids is 1. The molecule has 144 valence electrons. The summed E-state index contributed by atoms with van der Waals surface area (Å²) in [6.07, 6.45) is 6.33. The molecule has 27 heavy (non-hydrogen) atoms. The SMILES string of the molecule is C[C@@H](NS(=O)(=O)c1ccc(NC(=O)c2ccco2)cc1)[C@H]1C[C@H]2CC[C@H]1C2. The Morgan fingerprint density at radius 2 is 1.93 bits per heavy atom. The zero-order chi connectivity index (χ0) is 19.0. The molecule has 0 unspecified atom stereocenters. The van der Waals surface area contributed by atoms with Crippen LogP contribution in [0.1, 0.15) is 43.2 Å². The summed E-state index contributed by atoms with van der Waals surface area (Å²) in [4.78, 5) is 12.2. The van der Waals surface area contributed by atoms with Crippen molar-refractivity contribution in [3.63, 3.8) is 0 Å².